The van der Waals surface area contributed by atoms with Crippen LogP contribution in [0.1, 0.15) is 123 Å². The fourth-order valence-electron chi connectivity index (χ4n) is 10.3. The van der Waals surface area contributed by atoms with Crippen LogP contribution in [0.15, 0.2) is 0 Å². The van der Waals surface area contributed by atoms with Gasteiger partial charge in [0.15, 0.2) is 0 Å². The highest BCUT2D eigenvalue weighted by Crippen LogP contribution is 2.58. The van der Waals surface area contributed by atoms with E-state index >= 15 is 0 Å². The number of rotatable bonds is 4. The van der Waals surface area contributed by atoms with E-state index in [1.807, 2.05) is 0 Å². The van der Waals surface area contributed by atoms with Gasteiger partial charge in [-0.05, 0) is 106 Å². The van der Waals surface area contributed by atoms with Crippen molar-refractivity contribution < 1.29 is 9.94 Å². The van der Waals surface area contributed by atoms with E-state index in [-0.39, 0.29) is 11.3 Å². The molecule has 6 aliphatic rings. The van der Waals surface area contributed by atoms with Crippen LogP contribution in [0.2, 0.25) is 0 Å². The molecular formula is C30H51N2O3-. The fraction of sp³-hybridized carbons (Fsp3) is 1.00. The van der Waals surface area contributed by atoms with E-state index in [0.717, 1.165) is 61.6 Å². The van der Waals surface area contributed by atoms with Gasteiger partial charge in [-0.2, -0.15) is 0 Å². The summed E-state index contributed by atoms with van der Waals surface area (Å²) in [5.41, 5.74) is 0.432. The molecule has 3 aliphatic heterocycles. The Hall–Kier alpha value is -0.200. The van der Waals surface area contributed by atoms with Crippen LogP contribution in [-0.2, 0) is 4.74 Å². The number of hydrogen-bond donors (Lipinski definition) is 1. The highest BCUT2D eigenvalue weighted by Gasteiger charge is 2.59. The summed E-state index contributed by atoms with van der Waals surface area (Å²) in [5, 5.41) is 20.8. The van der Waals surface area contributed by atoms with Crippen LogP contribution in [0.25, 0.3) is 0 Å². The van der Waals surface area contributed by atoms with Crippen LogP contribution in [-0.4, -0.2) is 51.7 Å². The van der Waals surface area contributed by atoms with Gasteiger partial charge in [-0.25, -0.2) is 0 Å². The second-order valence-corrected chi connectivity index (χ2v) is 14.1. The van der Waals surface area contributed by atoms with Gasteiger partial charge in [0, 0.05) is 24.2 Å². The number of piperidine rings is 1. The normalized spacial score (nSPS) is 47.1. The average molecular weight is 488 g/mol. The summed E-state index contributed by atoms with van der Waals surface area (Å²) >= 11 is 0. The van der Waals surface area contributed by atoms with Crippen LogP contribution >= 0.6 is 0 Å². The van der Waals surface area contributed by atoms with Crippen molar-refractivity contribution in [3.05, 3.63) is 5.21 Å². The molecule has 200 valence electrons. The van der Waals surface area contributed by atoms with Gasteiger partial charge in [-0.1, -0.05) is 46.0 Å². The Balaban J connectivity index is 1.17. The lowest BCUT2D eigenvalue weighted by atomic mass is 9.66. The molecule has 5 nitrogen and oxygen atoms in total. The zero-order valence-electron chi connectivity index (χ0n) is 22.5. The van der Waals surface area contributed by atoms with E-state index in [4.69, 9.17) is 4.74 Å². The fourth-order valence-corrected chi connectivity index (χ4v) is 10.3. The summed E-state index contributed by atoms with van der Waals surface area (Å²) in [4.78, 5) is 3.15. The maximum atomic E-state index is 11.3. The molecule has 3 aliphatic carbocycles. The summed E-state index contributed by atoms with van der Waals surface area (Å²) in [6, 6.07) is 2.18. The third-order valence-corrected chi connectivity index (χ3v) is 12.1. The minimum absolute atomic E-state index is 0.197. The standard InChI is InChI=1S/C30H51N2O3/c1-30(2)24-10-6-7-11-25(24)31-26(20-8-4-3-5-9-20)18-22(19-29(30)31)28-17-16-27(35-28)21-12-14-23(15-13-21)32(33)34/h20-29,33H,3-19H2,1-2H3/q-1. The lowest BCUT2D eigenvalue weighted by Gasteiger charge is -2.51. The summed E-state index contributed by atoms with van der Waals surface area (Å²) in [5.74, 6) is 3.10. The number of hydrogen-bond acceptors (Lipinski definition) is 5. The zero-order valence-corrected chi connectivity index (χ0v) is 22.5. The largest absolute Gasteiger partial charge is 0.762 e. The molecule has 0 radical (unpaired) electrons. The van der Waals surface area contributed by atoms with Crippen molar-refractivity contribution in [1.82, 2.24) is 10.1 Å². The lowest BCUT2D eigenvalue weighted by molar-refractivity contribution is -0.104. The molecule has 6 rings (SSSR count). The van der Waals surface area contributed by atoms with Gasteiger partial charge < -0.3 is 15.2 Å². The molecule has 0 bridgehead atoms. The van der Waals surface area contributed by atoms with Gasteiger partial charge in [-0.15, -0.1) is 0 Å². The van der Waals surface area contributed by atoms with Crippen molar-refractivity contribution in [3.8, 4) is 0 Å². The third-order valence-electron chi connectivity index (χ3n) is 12.1. The molecule has 3 heterocycles. The van der Waals surface area contributed by atoms with E-state index in [2.05, 4.69) is 18.7 Å². The maximum absolute atomic E-state index is 11.3. The van der Waals surface area contributed by atoms with Crippen molar-refractivity contribution in [1.29, 1.82) is 0 Å². The Labute approximate surface area is 213 Å². The molecular weight excluding hydrogens is 436 g/mol. The van der Waals surface area contributed by atoms with Crippen LogP contribution in [0.5, 0.6) is 0 Å². The first-order chi connectivity index (χ1) is 16.9. The number of fused-ring (bicyclic) bond motifs is 3. The summed E-state index contributed by atoms with van der Waals surface area (Å²) in [7, 11) is 0. The first-order valence-corrected chi connectivity index (χ1v) is 15.5. The SMILES string of the molecule is CC1(C)C2CCCCC2N2C(C3CCCCC3)CC(C3CCC(C4CCC(N([O-])O)CC4)O3)CC21. The summed E-state index contributed by atoms with van der Waals surface area (Å²) in [6.07, 6.45) is 22.7. The second kappa shape index (κ2) is 10.2. The highest BCUT2D eigenvalue weighted by atomic mass is 16.8. The van der Waals surface area contributed by atoms with Gasteiger partial charge in [0.2, 0.25) is 0 Å². The monoisotopic (exact) mass is 487 g/mol. The highest BCUT2D eigenvalue weighted by molar-refractivity contribution is 5.12. The van der Waals surface area contributed by atoms with E-state index in [9.17, 15) is 10.4 Å². The molecule has 1 N–H and O–H groups in total. The predicted molar refractivity (Wildman–Crippen MR) is 139 cm³/mol. The van der Waals surface area contributed by atoms with Crippen LogP contribution in [0, 0.1) is 34.3 Å². The average Bonchev–Trinajstić information content (AvgIpc) is 3.46. The van der Waals surface area contributed by atoms with E-state index in [1.165, 1.54) is 83.5 Å². The quantitative estimate of drug-likeness (QED) is 0.437. The maximum Gasteiger partial charge on any atom is 0.0609 e. The molecule has 6 fully saturated rings. The van der Waals surface area contributed by atoms with Crippen LogP contribution in [0.3, 0.4) is 0 Å². The van der Waals surface area contributed by atoms with E-state index in [0.29, 0.717) is 23.5 Å². The first kappa shape index (κ1) is 25.1. The molecule has 0 aromatic rings. The number of ether oxygens (including phenoxy) is 1. The van der Waals surface area contributed by atoms with Gasteiger partial charge in [0.25, 0.3) is 0 Å². The molecule has 35 heavy (non-hydrogen) atoms. The third kappa shape index (κ3) is 4.64. The Kier molecular flexibility index (Phi) is 7.29. The zero-order chi connectivity index (χ0) is 24.2. The molecule has 0 amide bonds. The topological polar surface area (TPSA) is 59.0 Å². The van der Waals surface area contributed by atoms with Crippen molar-refractivity contribution in [2.75, 3.05) is 0 Å². The number of hydroxylamine groups is 2. The second-order valence-electron chi connectivity index (χ2n) is 14.1. The van der Waals surface area contributed by atoms with Crippen molar-refractivity contribution in [2.45, 2.75) is 159 Å². The minimum atomic E-state index is -0.197. The molecule has 7 unspecified atom stereocenters. The molecule has 0 spiro atoms. The van der Waals surface area contributed by atoms with E-state index < -0.39 is 0 Å². The van der Waals surface area contributed by atoms with Crippen LogP contribution in [0.4, 0.5) is 0 Å². The van der Waals surface area contributed by atoms with Gasteiger partial charge in [-0.3, -0.25) is 10.1 Å². The molecule has 3 saturated heterocycles. The minimum Gasteiger partial charge on any atom is -0.762 e. The van der Waals surface area contributed by atoms with Crippen molar-refractivity contribution >= 4 is 0 Å². The van der Waals surface area contributed by atoms with Gasteiger partial charge in [0.05, 0.1) is 12.2 Å². The Bertz CT molecular complexity index is 714. The van der Waals surface area contributed by atoms with Crippen LogP contribution < -0.4 is 0 Å². The van der Waals surface area contributed by atoms with E-state index in [1.54, 1.807) is 0 Å². The van der Waals surface area contributed by atoms with Crippen molar-refractivity contribution in [2.24, 2.45) is 29.1 Å². The first-order valence-electron chi connectivity index (χ1n) is 15.5. The lowest BCUT2D eigenvalue weighted by Crippen LogP contribution is -2.56. The van der Waals surface area contributed by atoms with Gasteiger partial charge >= 0.3 is 0 Å². The molecule has 5 heteroatoms. The Morgan fingerprint density at radius 2 is 1.37 bits per heavy atom. The van der Waals surface area contributed by atoms with Gasteiger partial charge in [0.1, 0.15) is 0 Å². The number of nitrogens with zero attached hydrogens (tertiary/aromatic N) is 2. The summed E-state index contributed by atoms with van der Waals surface area (Å²) in [6.45, 7) is 5.25. The Morgan fingerprint density at radius 1 is 0.714 bits per heavy atom. The smallest absolute Gasteiger partial charge is 0.0609 e. The van der Waals surface area contributed by atoms with Crippen molar-refractivity contribution in [3.63, 3.8) is 0 Å². The molecule has 7 atom stereocenters. The summed E-state index contributed by atoms with van der Waals surface area (Å²) < 4.78 is 6.93. The molecule has 3 saturated carbocycles. The molecule has 0 aromatic heterocycles. The predicted octanol–water partition coefficient (Wildman–Crippen LogP) is 6.91. The Morgan fingerprint density at radius 3 is 2.09 bits per heavy atom. The molecule has 0 aromatic carbocycles.